The maximum Gasteiger partial charge on any atom is 0.264 e. The van der Waals surface area contributed by atoms with Gasteiger partial charge in [0.15, 0.2) is 0 Å². The molecule has 3 aromatic carbocycles. The lowest BCUT2D eigenvalue weighted by molar-refractivity contribution is -0.140. The number of amides is 2. The van der Waals surface area contributed by atoms with Gasteiger partial charge in [0.1, 0.15) is 12.6 Å². The molecule has 1 atom stereocenters. The number of carbonyl (C=O) groups is 2. The lowest BCUT2D eigenvalue weighted by Crippen LogP contribution is -2.52. The van der Waals surface area contributed by atoms with Crippen LogP contribution in [-0.2, 0) is 26.2 Å². The second-order valence-corrected chi connectivity index (χ2v) is 13.2. The molecule has 41 heavy (non-hydrogen) atoms. The van der Waals surface area contributed by atoms with Gasteiger partial charge in [-0.15, -0.1) is 0 Å². The average Bonchev–Trinajstić information content (AvgIpc) is 2.92. The van der Waals surface area contributed by atoms with Crippen molar-refractivity contribution < 1.29 is 18.0 Å². The molecule has 0 bridgehead atoms. The van der Waals surface area contributed by atoms with Crippen LogP contribution in [0.15, 0.2) is 71.6 Å². The summed E-state index contributed by atoms with van der Waals surface area (Å²) in [6.07, 6.45) is 0.284. The Hall–Kier alpha value is -2.78. The molecule has 0 radical (unpaired) electrons. The Morgan fingerprint density at radius 2 is 1.49 bits per heavy atom. The van der Waals surface area contributed by atoms with Crippen LogP contribution in [0.4, 0.5) is 5.69 Å². The van der Waals surface area contributed by atoms with E-state index < -0.39 is 28.5 Å². The minimum Gasteiger partial charge on any atom is -0.354 e. The lowest BCUT2D eigenvalue weighted by atomic mass is 10.1. The van der Waals surface area contributed by atoms with Gasteiger partial charge in [-0.05, 0) is 67.8 Å². The average molecular weight is 639 g/mol. The first-order chi connectivity index (χ1) is 19.3. The molecule has 3 aromatic rings. The highest BCUT2D eigenvalue weighted by molar-refractivity contribution is 7.92. The number of anilines is 1. The molecule has 0 aliphatic carbocycles. The summed E-state index contributed by atoms with van der Waals surface area (Å²) in [5, 5.41) is 3.93. The smallest absolute Gasteiger partial charge is 0.264 e. The van der Waals surface area contributed by atoms with Crippen LogP contribution in [0.5, 0.6) is 0 Å². The van der Waals surface area contributed by atoms with Crippen molar-refractivity contribution in [3.05, 3.63) is 92.9 Å². The summed E-state index contributed by atoms with van der Waals surface area (Å²) in [7, 11) is -4.20. The van der Waals surface area contributed by atoms with E-state index in [-0.39, 0.29) is 29.7 Å². The molecule has 0 spiro atoms. The second-order valence-electron chi connectivity index (χ2n) is 10.1. The summed E-state index contributed by atoms with van der Waals surface area (Å²) in [6, 6.07) is 16.6. The van der Waals surface area contributed by atoms with E-state index in [4.69, 9.17) is 34.8 Å². The summed E-state index contributed by atoms with van der Waals surface area (Å²) >= 11 is 18.9. The molecule has 0 heterocycles. The topological polar surface area (TPSA) is 86.8 Å². The molecule has 1 N–H and O–H groups in total. The fourth-order valence-electron chi connectivity index (χ4n) is 4.17. The van der Waals surface area contributed by atoms with Crippen molar-refractivity contribution in [1.82, 2.24) is 10.2 Å². The number of benzene rings is 3. The van der Waals surface area contributed by atoms with Crippen molar-refractivity contribution in [2.45, 2.75) is 51.6 Å². The number of rotatable bonds is 12. The molecule has 0 aliphatic heterocycles. The number of aryl methyl sites for hydroxylation is 1. The summed E-state index contributed by atoms with van der Waals surface area (Å²) in [4.78, 5) is 28.8. The monoisotopic (exact) mass is 637 g/mol. The van der Waals surface area contributed by atoms with Crippen molar-refractivity contribution in [2.75, 3.05) is 17.4 Å². The largest absolute Gasteiger partial charge is 0.354 e. The van der Waals surface area contributed by atoms with Gasteiger partial charge in [0, 0.05) is 33.7 Å². The van der Waals surface area contributed by atoms with Gasteiger partial charge < -0.3 is 10.2 Å². The van der Waals surface area contributed by atoms with Crippen molar-refractivity contribution in [3.8, 4) is 0 Å². The van der Waals surface area contributed by atoms with Gasteiger partial charge in [-0.2, -0.15) is 0 Å². The fraction of sp³-hybridized carbons (Fsp3) is 0.333. The van der Waals surface area contributed by atoms with Crippen LogP contribution < -0.4 is 9.62 Å². The van der Waals surface area contributed by atoms with Crippen LogP contribution in [-0.4, -0.2) is 44.3 Å². The number of nitrogens with zero attached hydrogens (tertiary/aromatic N) is 2. The SMILES string of the molecule is CC[C@@H](C(=O)NCC(C)C)N(Cc1c(Cl)cccc1Cl)C(=O)CN(c1ccc(C)cc1)S(=O)(=O)c1ccc(Cl)cc1. The van der Waals surface area contributed by atoms with Gasteiger partial charge in [0.25, 0.3) is 10.0 Å². The highest BCUT2D eigenvalue weighted by Crippen LogP contribution is 2.29. The molecular formula is C30H34Cl3N3O4S. The Morgan fingerprint density at radius 1 is 0.902 bits per heavy atom. The minimum absolute atomic E-state index is 0.0299. The Balaban J connectivity index is 2.08. The van der Waals surface area contributed by atoms with Gasteiger partial charge in [0.2, 0.25) is 11.8 Å². The third-order valence-corrected chi connectivity index (χ3v) is 9.21. The van der Waals surface area contributed by atoms with E-state index in [9.17, 15) is 18.0 Å². The zero-order valence-electron chi connectivity index (χ0n) is 23.4. The third-order valence-electron chi connectivity index (χ3n) is 6.46. The molecular weight excluding hydrogens is 605 g/mol. The van der Waals surface area contributed by atoms with E-state index in [0.29, 0.717) is 32.9 Å². The maximum atomic E-state index is 14.1. The quantitative estimate of drug-likeness (QED) is 0.238. The predicted octanol–water partition coefficient (Wildman–Crippen LogP) is 6.73. The van der Waals surface area contributed by atoms with E-state index in [1.807, 2.05) is 20.8 Å². The summed E-state index contributed by atoms with van der Waals surface area (Å²) in [5.74, 6) is -0.744. The zero-order valence-corrected chi connectivity index (χ0v) is 26.5. The lowest BCUT2D eigenvalue weighted by Gasteiger charge is -2.33. The van der Waals surface area contributed by atoms with Crippen LogP contribution in [0, 0.1) is 12.8 Å². The highest BCUT2D eigenvalue weighted by atomic mass is 35.5. The third kappa shape index (κ3) is 8.38. The first kappa shape index (κ1) is 32.7. The van der Waals surface area contributed by atoms with Gasteiger partial charge in [-0.3, -0.25) is 13.9 Å². The van der Waals surface area contributed by atoms with Crippen molar-refractivity contribution in [3.63, 3.8) is 0 Å². The van der Waals surface area contributed by atoms with E-state index in [1.165, 1.54) is 29.2 Å². The number of sulfonamides is 1. The molecule has 0 aromatic heterocycles. The summed E-state index contributed by atoms with van der Waals surface area (Å²) in [5.41, 5.74) is 1.68. The highest BCUT2D eigenvalue weighted by Gasteiger charge is 2.34. The predicted molar refractivity (Wildman–Crippen MR) is 166 cm³/mol. The van der Waals surface area contributed by atoms with E-state index in [0.717, 1.165) is 9.87 Å². The van der Waals surface area contributed by atoms with Crippen molar-refractivity contribution >= 4 is 62.3 Å². The van der Waals surface area contributed by atoms with Crippen LogP contribution >= 0.6 is 34.8 Å². The number of nitrogens with one attached hydrogen (secondary N) is 1. The second kappa shape index (κ2) is 14.4. The first-order valence-electron chi connectivity index (χ1n) is 13.2. The molecule has 220 valence electrons. The maximum absolute atomic E-state index is 14.1. The van der Waals surface area contributed by atoms with Gasteiger partial charge >= 0.3 is 0 Å². The molecule has 0 fully saturated rings. The van der Waals surface area contributed by atoms with Gasteiger partial charge in [0.05, 0.1) is 10.6 Å². The normalized spacial score (nSPS) is 12.2. The first-order valence-corrected chi connectivity index (χ1v) is 15.8. The molecule has 2 amide bonds. The fourth-order valence-corrected chi connectivity index (χ4v) is 6.23. The number of carbonyl (C=O) groups excluding carboxylic acids is 2. The number of hydrogen-bond donors (Lipinski definition) is 1. The molecule has 0 unspecified atom stereocenters. The molecule has 7 nitrogen and oxygen atoms in total. The molecule has 11 heteroatoms. The van der Waals surface area contributed by atoms with Gasteiger partial charge in [-0.1, -0.05) is 79.3 Å². The molecule has 0 saturated heterocycles. The van der Waals surface area contributed by atoms with Crippen molar-refractivity contribution in [1.29, 1.82) is 0 Å². The molecule has 0 aliphatic rings. The van der Waals surface area contributed by atoms with Crippen LogP contribution in [0.25, 0.3) is 0 Å². The zero-order chi connectivity index (χ0) is 30.3. The number of hydrogen-bond acceptors (Lipinski definition) is 4. The van der Waals surface area contributed by atoms with E-state index >= 15 is 0 Å². The van der Waals surface area contributed by atoms with Crippen LogP contribution in [0.3, 0.4) is 0 Å². The van der Waals surface area contributed by atoms with E-state index in [2.05, 4.69) is 5.32 Å². The number of halogens is 3. The molecule has 0 saturated carbocycles. The summed E-state index contributed by atoms with van der Waals surface area (Å²) < 4.78 is 28.8. The van der Waals surface area contributed by atoms with Gasteiger partial charge in [-0.25, -0.2) is 8.42 Å². The van der Waals surface area contributed by atoms with Crippen molar-refractivity contribution in [2.24, 2.45) is 5.92 Å². The van der Waals surface area contributed by atoms with E-state index in [1.54, 1.807) is 49.4 Å². The molecule has 3 rings (SSSR count). The minimum atomic E-state index is -4.20. The summed E-state index contributed by atoms with van der Waals surface area (Å²) in [6.45, 7) is 7.37. The Kier molecular flexibility index (Phi) is 11.5. The Labute approximate surface area is 257 Å². The van der Waals surface area contributed by atoms with Crippen LogP contribution in [0.2, 0.25) is 15.1 Å². The van der Waals surface area contributed by atoms with Crippen LogP contribution in [0.1, 0.15) is 38.3 Å². The standard InChI is InChI=1S/C30H34Cl3N3O4S/c1-5-28(30(38)34-17-20(2)3)35(18-25-26(32)7-6-8-27(25)33)29(37)19-36(23-13-9-21(4)10-14-23)41(39,40)24-15-11-22(31)12-16-24/h6-16,20,28H,5,17-19H2,1-4H3,(H,34,38)/t28-/m0/s1. The Bertz CT molecular complexity index is 1440. The Morgan fingerprint density at radius 3 is 2.02 bits per heavy atom.